The Labute approximate surface area is 35.9 Å². The first-order chi connectivity index (χ1) is 1.91. The lowest BCUT2D eigenvalue weighted by atomic mass is 10.7. The zero-order valence-corrected chi connectivity index (χ0v) is 4.69. The van der Waals surface area contributed by atoms with E-state index in [0.717, 1.165) is 0 Å². The maximum Gasteiger partial charge on any atom is 0.0104 e. The van der Waals surface area contributed by atoms with Crippen molar-refractivity contribution in [1.82, 2.24) is 0 Å². The molecule has 0 fully saturated rings. The van der Waals surface area contributed by atoms with Crippen LogP contribution in [0.5, 0.6) is 0 Å². The molecule has 0 radical (unpaired) electrons. The monoisotopic (exact) mass is 91.1 g/mol. The van der Waals surface area contributed by atoms with E-state index in [1.807, 2.05) is 0 Å². The second-order valence-corrected chi connectivity index (χ2v) is 0.524. The van der Waals surface area contributed by atoms with Crippen LogP contribution >= 0.6 is 9.90 Å². The Morgan fingerprint density at radius 3 is 2.00 bits per heavy atom. The summed E-state index contributed by atoms with van der Waals surface area (Å²) < 4.78 is 0. The SMILES string of the molecule is C=CCN.P. The van der Waals surface area contributed by atoms with Crippen molar-refractivity contribution < 1.29 is 0 Å². The van der Waals surface area contributed by atoms with Gasteiger partial charge in [0.25, 0.3) is 0 Å². The largest absolute Gasteiger partial charge is 0.327 e. The molecule has 1 atom stereocenters. The van der Waals surface area contributed by atoms with Crippen LogP contribution in [0.4, 0.5) is 0 Å². The maximum atomic E-state index is 4.91. The Morgan fingerprint density at radius 2 is 2.00 bits per heavy atom. The van der Waals surface area contributed by atoms with E-state index in [0.29, 0.717) is 6.54 Å². The minimum atomic E-state index is 0. The molecule has 0 aromatic rings. The highest BCUT2D eigenvalue weighted by atomic mass is 31.0. The van der Waals surface area contributed by atoms with Crippen LogP contribution in [0.25, 0.3) is 0 Å². The van der Waals surface area contributed by atoms with Gasteiger partial charge in [-0.25, -0.2) is 0 Å². The van der Waals surface area contributed by atoms with Crippen LogP contribution in [-0.2, 0) is 0 Å². The molecule has 0 bridgehead atoms. The van der Waals surface area contributed by atoms with Gasteiger partial charge in [-0.05, 0) is 0 Å². The fourth-order valence-corrected chi connectivity index (χ4v) is 0. The number of hydrogen-bond acceptors (Lipinski definition) is 1. The van der Waals surface area contributed by atoms with Crippen molar-refractivity contribution >= 4 is 9.90 Å². The van der Waals surface area contributed by atoms with Gasteiger partial charge in [-0.1, -0.05) is 6.08 Å². The molecule has 1 nitrogen and oxygen atoms in total. The molecular weight excluding hydrogens is 81.0 g/mol. The first-order valence-electron chi connectivity index (χ1n) is 1.22. The predicted molar refractivity (Wildman–Crippen MR) is 30.4 cm³/mol. The minimum Gasteiger partial charge on any atom is -0.327 e. The van der Waals surface area contributed by atoms with Gasteiger partial charge in [-0.15, -0.1) is 6.58 Å². The van der Waals surface area contributed by atoms with Crippen molar-refractivity contribution in [3.8, 4) is 0 Å². The smallest absolute Gasteiger partial charge is 0.0104 e. The average molecular weight is 91.1 g/mol. The van der Waals surface area contributed by atoms with E-state index in [1.54, 1.807) is 6.08 Å². The fraction of sp³-hybridized carbons (Fsp3) is 0.333. The molecule has 1 unspecified atom stereocenters. The molecule has 0 amide bonds. The standard InChI is InChI=1S/C3H7N.H3P/c1-2-3-4;/h2H,1,3-4H2;1H3. The molecule has 2 N–H and O–H groups in total. The zero-order valence-electron chi connectivity index (χ0n) is 3.28. The van der Waals surface area contributed by atoms with Crippen molar-refractivity contribution in [2.75, 3.05) is 6.54 Å². The van der Waals surface area contributed by atoms with Crippen molar-refractivity contribution in [2.45, 2.75) is 0 Å². The lowest BCUT2D eigenvalue weighted by Gasteiger charge is -1.61. The van der Waals surface area contributed by atoms with E-state index >= 15 is 0 Å². The van der Waals surface area contributed by atoms with Crippen LogP contribution in [0.2, 0.25) is 0 Å². The van der Waals surface area contributed by atoms with Gasteiger partial charge in [0.05, 0.1) is 0 Å². The highest BCUT2D eigenvalue weighted by Crippen LogP contribution is 1.40. The topological polar surface area (TPSA) is 26.0 Å². The molecule has 0 heterocycles. The molecule has 0 aliphatic carbocycles. The summed E-state index contributed by atoms with van der Waals surface area (Å²) in [5.74, 6) is 0. The highest BCUT2D eigenvalue weighted by Gasteiger charge is 1.43. The molecule has 0 saturated heterocycles. The number of nitrogens with two attached hydrogens (primary N) is 1. The zero-order chi connectivity index (χ0) is 3.41. The summed E-state index contributed by atoms with van der Waals surface area (Å²) in [5, 5.41) is 0. The first kappa shape index (κ1) is 8.93. The summed E-state index contributed by atoms with van der Waals surface area (Å²) >= 11 is 0. The van der Waals surface area contributed by atoms with Gasteiger partial charge in [0.2, 0.25) is 0 Å². The van der Waals surface area contributed by atoms with Crippen molar-refractivity contribution in [1.29, 1.82) is 0 Å². The summed E-state index contributed by atoms with van der Waals surface area (Å²) in [7, 11) is 0. The molecule has 0 aromatic heterocycles. The molecule has 5 heavy (non-hydrogen) atoms. The lowest BCUT2D eigenvalue weighted by Crippen LogP contribution is -1.90. The Morgan fingerprint density at radius 1 is 1.80 bits per heavy atom. The van der Waals surface area contributed by atoms with Gasteiger partial charge in [0.15, 0.2) is 0 Å². The number of hydrogen-bond donors (Lipinski definition) is 1. The quantitative estimate of drug-likeness (QED) is 0.362. The van der Waals surface area contributed by atoms with Gasteiger partial charge in [0.1, 0.15) is 0 Å². The summed E-state index contributed by atoms with van der Waals surface area (Å²) in [6.45, 7) is 3.94. The van der Waals surface area contributed by atoms with Gasteiger partial charge in [0, 0.05) is 6.54 Å². The molecule has 0 saturated carbocycles. The van der Waals surface area contributed by atoms with E-state index in [1.165, 1.54) is 0 Å². The third kappa shape index (κ3) is 14.7. The third-order valence-corrected chi connectivity index (χ3v) is 0.167. The fourth-order valence-electron chi connectivity index (χ4n) is 0. The molecule has 32 valence electrons. The second-order valence-electron chi connectivity index (χ2n) is 0.524. The van der Waals surface area contributed by atoms with E-state index in [9.17, 15) is 0 Å². The van der Waals surface area contributed by atoms with Crippen LogP contribution in [0, 0.1) is 0 Å². The molecule has 0 aliphatic heterocycles. The van der Waals surface area contributed by atoms with Gasteiger partial charge >= 0.3 is 0 Å². The highest BCUT2D eigenvalue weighted by molar-refractivity contribution is 6.92. The van der Waals surface area contributed by atoms with Gasteiger partial charge < -0.3 is 5.73 Å². The summed E-state index contributed by atoms with van der Waals surface area (Å²) in [6.07, 6.45) is 1.65. The molecular formula is C3H10NP. The Hall–Kier alpha value is 0.130. The predicted octanol–water partition coefficient (Wildman–Crippen LogP) is 0.189. The van der Waals surface area contributed by atoms with Crippen LogP contribution < -0.4 is 5.73 Å². The Balaban J connectivity index is 0. The van der Waals surface area contributed by atoms with Crippen LogP contribution in [-0.4, -0.2) is 6.54 Å². The summed E-state index contributed by atoms with van der Waals surface area (Å²) in [5.41, 5.74) is 4.91. The Kier molecular flexibility index (Phi) is 15.9. The van der Waals surface area contributed by atoms with Crippen LogP contribution in [0.15, 0.2) is 12.7 Å². The molecule has 0 aromatic carbocycles. The number of rotatable bonds is 1. The van der Waals surface area contributed by atoms with Crippen LogP contribution in [0.3, 0.4) is 0 Å². The van der Waals surface area contributed by atoms with Crippen molar-refractivity contribution in [3.05, 3.63) is 12.7 Å². The maximum absolute atomic E-state index is 4.91. The minimum absolute atomic E-state index is 0. The van der Waals surface area contributed by atoms with E-state index in [4.69, 9.17) is 5.73 Å². The first-order valence-corrected chi connectivity index (χ1v) is 1.22. The Bertz CT molecular complexity index is 20.9. The van der Waals surface area contributed by atoms with Gasteiger partial charge in [-0.3, -0.25) is 0 Å². The van der Waals surface area contributed by atoms with E-state index in [2.05, 4.69) is 6.58 Å². The van der Waals surface area contributed by atoms with Crippen LogP contribution in [0.1, 0.15) is 0 Å². The molecule has 0 rings (SSSR count). The molecule has 0 aliphatic rings. The normalized spacial score (nSPS) is 5.00. The van der Waals surface area contributed by atoms with Crippen molar-refractivity contribution in [2.24, 2.45) is 5.73 Å². The third-order valence-electron chi connectivity index (χ3n) is 0.167. The molecule has 0 spiro atoms. The molecule has 2 heteroatoms. The van der Waals surface area contributed by atoms with Gasteiger partial charge in [-0.2, -0.15) is 9.90 Å². The lowest BCUT2D eigenvalue weighted by molar-refractivity contribution is 1.26. The summed E-state index contributed by atoms with van der Waals surface area (Å²) in [6, 6.07) is 0. The summed E-state index contributed by atoms with van der Waals surface area (Å²) in [4.78, 5) is 0. The van der Waals surface area contributed by atoms with E-state index in [-0.39, 0.29) is 9.90 Å². The van der Waals surface area contributed by atoms with E-state index < -0.39 is 0 Å². The average Bonchev–Trinajstić information content (AvgIpc) is 1.37. The van der Waals surface area contributed by atoms with Crippen molar-refractivity contribution in [3.63, 3.8) is 0 Å². The second kappa shape index (κ2) is 8.92.